The lowest BCUT2D eigenvalue weighted by atomic mass is 9.81. The van der Waals surface area contributed by atoms with Crippen molar-refractivity contribution < 1.29 is 14.0 Å². The number of hydrogen-bond donors (Lipinski definition) is 2. The molecule has 0 aliphatic heterocycles. The first-order chi connectivity index (χ1) is 11.2. The van der Waals surface area contributed by atoms with Gasteiger partial charge in [0.25, 0.3) is 0 Å². The molecule has 0 saturated heterocycles. The number of nitrogens with one attached hydrogen (secondary N) is 2. The molecule has 0 atom stereocenters. The fourth-order valence-corrected chi connectivity index (χ4v) is 3.74. The summed E-state index contributed by atoms with van der Waals surface area (Å²) in [5.41, 5.74) is 0. The summed E-state index contributed by atoms with van der Waals surface area (Å²) in [6.07, 6.45) is 9.54. The van der Waals surface area contributed by atoms with Crippen molar-refractivity contribution in [2.75, 3.05) is 0 Å². The molecular weight excluding hydrogens is 292 g/mol. The summed E-state index contributed by atoms with van der Waals surface area (Å²) in [7, 11) is 0. The zero-order valence-corrected chi connectivity index (χ0v) is 13.6. The van der Waals surface area contributed by atoms with E-state index in [0.717, 1.165) is 44.3 Å². The summed E-state index contributed by atoms with van der Waals surface area (Å²) >= 11 is 0. The normalized spacial score (nSPS) is 25.2. The predicted octanol–water partition coefficient (Wildman–Crippen LogP) is 2.76. The van der Waals surface area contributed by atoms with Crippen LogP contribution in [-0.4, -0.2) is 17.9 Å². The maximum absolute atomic E-state index is 12.3. The van der Waals surface area contributed by atoms with Crippen LogP contribution >= 0.6 is 0 Å². The van der Waals surface area contributed by atoms with Gasteiger partial charge in [0, 0.05) is 17.9 Å². The van der Waals surface area contributed by atoms with Crippen LogP contribution in [0.15, 0.2) is 22.8 Å². The van der Waals surface area contributed by atoms with Crippen molar-refractivity contribution in [3.63, 3.8) is 0 Å². The first kappa shape index (κ1) is 16.1. The maximum Gasteiger partial charge on any atom is 0.223 e. The summed E-state index contributed by atoms with van der Waals surface area (Å²) in [6.45, 7) is 0.438. The summed E-state index contributed by atoms with van der Waals surface area (Å²) in [6, 6.07) is 4.05. The first-order valence-electron chi connectivity index (χ1n) is 8.83. The van der Waals surface area contributed by atoms with E-state index in [4.69, 9.17) is 4.42 Å². The monoisotopic (exact) mass is 318 g/mol. The zero-order chi connectivity index (χ0) is 16.1. The molecule has 3 rings (SSSR count). The second-order valence-corrected chi connectivity index (χ2v) is 6.84. The van der Waals surface area contributed by atoms with Crippen molar-refractivity contribution in [1.29, 1.82) is 0 Å². The highest BCUT2D eigenvalue weighted by Gasteiger charge is 2.31. The van der Waals surface area contributed by atoms with Crippen LogP contribution in [0.4, 0.5) is 0 Å². The van der Waals surface area contributed by atoms with E-state index < -0.39 is 0 Å². The van der Waals surface area contributed by atoms with E-state index in [2.05, 4.69) is 10.6 Å². The third kappa shape index (κ3) is 4.36. The topological polar surface area (TPSA) is 71.3 Å². The molecular formula is C18H26N2O3. The lowest BCUT2D eigenvalue weighted by Gasteiger charge is -2.28. The van der Waals surface area contributed by atoms with Crippen molar-refractivity contribution >= 4 is 11.8 Å². The minimum Gasteiger partial charge on any atom is -0.467 e. The Morgan fingerprint density at radius 3 is 2.26 bits per heavy atom. The standard InChI is InChI=1S/C18H26N2O3/c21-17(19-12-16-6-3-11-23-16)13-7-9-14(10-8-13)18(22)20-15-4-1-2-5-15/h3,6,11,13-15H,1-2,4-5,7-10,12H2,(H,19,21)(H,20,22). The summed E-state index contributed by atoms with van der Waals surface area (Å²) in [5.74, 6) is 1.16. The average Bonchev–Trinajstić information content (AvgIpc) is 3.26. The highest BCUT2D eigenvalue weighted by atomic mass is 16.3. The number of furan rings is 1. The Kier molecular flexibility index (Phi) is 5.36. The van der Waals surface area contributed by atoms with Gasteiger partial charge >= 0.3 is 0 Å². The molecule has 0 aromatic carbocycles. The summed E-state index contributed by atoms with van der Waals surface area (Å²) in [4.78, 5) is 24.5. The molecule has 5 heteroatoms. The van der Waals surface area contributed by atoms with Gasteiger partial charge in [0.15, 0.2) is 0 Å². The van der Waals surface area contributed by atoms with Gasteiger partial charge in [-0.15, -0.1) is 0 Å². The van der Waals surface area contributed by atoms with E-state index in [1.54, 1.807) is 6.26 Å². The Hall–Kier alpha value is -1.78. The molecule has 23 heavy (non-hydrogen) atoms. The van der Waals surface area contributed by atoms with Crippen LogP contribution in [0.5, 0.6) is 0 Å². The lowest BCUT2D eigenvalue weighted by Crippen LogP contribution is -2.40. The molecule has 0 unspecified atom stereocenters. The largest absolute Gasteiger partial charge is 0.467 e. The summed E-state index contributed by atoms with van der Waals surface area (Å²) < 4.78 is 5.22. The minimum atomic E-state index is 0.0282. The Morgan fingerprint density at radius 1 is 1.00 bits per heavy atom. The number of carbonyl (C=O) groups is 2. The quantitative estimate of drug-likeness (QED) is 0.877. The van der Waals surface area contributed by atoms with E-state index in [-0.39, 0.29) is 23.7 Å². The maximum atomic E-state index is 12.3. The fraction of sp³-hybridized carbons (Fsp3) is 0.667. The van der Waals surface area contributed by atoms with Gasteiger partial charge in [-0.1, -0.05) is 12.8 Å². The molecule has 1 aromatic rings. The SMILES string of the molecule is O=C(NCc1ccco1)C1CCC(C(=O)NC2CCCC2)CC1. The molecule has 1 heterocycles. The Labute approximate surface area is 137 Å². The third-order valence-corrected chi connectivity index (χ3v) is 5.19. The van der Waals surface area contributed by atoms with Crippen LogP contribution in [0.2, 0.25) is 0 Å². The molecule has 5 nitrogen and oxygen atoms in total. The molecule has 0 bridgehead atoms. The Balaban J connectivity index is 1.38. The van der Waals surface area contributed by atoms with Gasteiger partial charge in [-0.3, -0.25) is 9.59 Å². The average molecular weight is 318 g/mol. The number of carbonyl (C=O) groups excluding carboxylic acids is 2. The highest BCUT2D eigenvalue weighted by Crippen LogP contribution is 2.30. The third-order valence-electron chi connectivity index (χ3n) is 5.19. The molecule has 2 fully saturated rings. The van der Waals surface area contributed by atoms with Gasteiger partial charge in [-0.2, -0.15) is 0 Å². The van der Waals surface area contributed by atoms with Crippen molar-refractivity contribution in [3.05, 3.63) is 24.2 Å². The predicted molar refractivity (Wildman–Crippen MR) is 86.4 cm³/mol. The highest BCUT2D eigenvalue weighted by molar-refractivity contribution is 5.81. The molecule has 0 radical (unpaired) electrons. The second kappa shape index (κ2) is 7.66. The molecule has 0 spiro atoms. The Bertz CT molecular complexity index is 512. The Morgan fingerprint density at radius 2 is 1.65 bits per heavy atom. The van der Waals surface area contributed by atoms with Gasteiger partial charge in [-0.25, -0.2) is 0 Å². The van der Waals surface area contributed by atoms with E-state index >= 15 is 0 Å². The van der Waals surface area contributed by atoms with Gasteiger partial charge in [0.1, 0.15) is 5.76 Å². The van der Waals surface area contributed by atoms with Crippen LogP contribution in [0, 0.1) is 11.8 Å². The molecule has 126 valence electrons. The van der Waals surface area contributed by atoms with Gasteiger partial charge < -0.3 is 15.1 Å². The fourth-order valence-electron chi connectivity index (χ4n) is 3.74. The van der Waals surface area contributed by atoms with Crippen LogP contribution in [0.3, 0.4) is 0 Å². The zero-order valence-electron chi connectivity index (χ0n) is 13.6. The molecule has 2 saturated carbocycles. The van der Waals surface area contributed by atoms with Crippen molar-refractivity contribution in [1.82, 2.24) is 10.6 Å². The van der Waals surface area contributed by atoms with Crippen molar-refractivity contribution in [2.45, 2.75) is 64.0 Å². The number of rotatable bonds is 5. The van der Waals surface area contributed by atoms with Crippen LogP contribution < -0.4 is 10.6 Å². The number of amides is 2. The summed E-state index contributed by atoms with van der Waals surface area (Å²) in [5, 5.41) is 6.11. The van der Waals surface area contributed by atoms with Crippen LogP contribution in [-0.2, 0) is 16.1 Å². The van der Waals surface area contributed by atoms with Gasteiger partial charge in [0.05, 0.1) is 12.8 Å². The smallest absolute Gasteiger partial charge is 0.223 e. The van der Waals surface area contributed by atoms with Crippen LogP contribution in [0.25, 0.3) is 0 Å². The molecule has 2 aliphatic carbocycles. The van der Waals surface area contributed by atoms with E-state index in [0.29, 0.717) is 12.6 Å². The van der Waals surface area contributed by atoms with Gasteiger partial charge in [0.2, 0.25) is 11.8 Å². The molecule has 2 amide bonds. The molecule has 2 aliphatic rings. The van der Waals surface area contributed by atoms with Crippen LogP contribution in [0.1, 0.15) is 57.1 Å². The first-order valence-corrected chi connectivity index (χ1v) is 8.83. The van der Waals surface area contributed by atoms with E-state index in [1.807, 2.05) is 12.1 Å². The molecule has 2 N–H and O–H groups in total. The lowest BCUT2D eigenvalue weighted by molar-refractivity contribution is -0.131. The molecule has 1 aromatic heterocycles. The van der Waals surface area contributed by atoms with Gasteiger partial charge in [-0.05, 0) is 50.7 Å². The van der Waals surface area contributed by atoms with Crippen molar-refractivity contribution in [3.8, 4) is 0 Å². The van der Waals surface area contributed by atoms with Crippen molar-refractivity contribution in [2.24, 2.45) is 11.8 Å². The minimum absolute atomic E-state index is 0.0282. The second-order valence-electron chi connectivity index (χ2n) is 6.84. The number of hydrogen-bond acceptors (Lipinski definition) is 3. The van der Waals surface area contributed by atoms with E-state index in [1.165, 1.54) is 12.8 Å². The van der Waals surface area contributed by atoms with E-state index in [9.17, 15) is 9.59 Å².